The molecule has 7 rings (SSSR count). The molecule has 0 radical (unpaired) electrons. The molecule has 0 spiro atoms. The normalized spacial score (nSPS) is 21.1. The number of nitrogens with one attached hydrogen (secondary N) is 1. The van der Waals surface area contributed by atoms with Gasteiger partial charge in [0.25, 0.3) is 0 Å². The molecule has 13 heteroatoms. The number of methoxy groups -OCH3 is 1. The second-order valence-electron chi connectivity index (χ2n) is 15.8. The lowest BCUT2D eigenvalue weighted by Gasteiger charge is -2.44. The van der Waals surface area contributed by atoms with Gasteiger partial charge < -0.3 is 24.3 Å². The fourth-order valence-electron chi connectivity index (χ4n) is 6.53. The van der Waals surface area contributed by atoms with Crippen molar-refractivity contribution in [3.63, 3.8) is 0 Å². The highest BCUT2D eigenvalue weighted by molar-refractivity contribution is 5.72. The van der Waals surface area contributed by atoms with Crippen molar-refractivity contribution in [3.8, 4) is 17.6 Å². The van der Waals surface area contributed by atoms with Crippen molar-refractivity contribution in [2.75, 3.05) is 46.6 Å². The highest BCUT2D eigenvalue weighted by Gasteiger charge is 2.37. The van der Waals surface area contributed by atoms with Crippen molar-refractivity contribution >= 4 is 5.91 Å². The van der Waals surface area contributed by atoms with E-state index in [1.807, 2.05) is 32.6 Å². The van der Waals surface area contributed by atoms with Crippen molar-refractivity contribution in [1.29, 1.82) is 0 Å². The molecule has 3 atom stereocenters. The predicted octanol–water partition coefficient (Wildman–Crippen LogP) is 5.48. The minimum absolute atomic E-state index is 0. The maximum absolute atomic E-state index is 10.9. The quantitative estimate of drug-likeness (QED) is 0.339. The Balaban J connectivity index is 0.000000172. The number of rotatable bonds is 7. The molecule has 3 aromatic heterocycles. The third-order valence-corrected chi connectivity index (χ3v) is 9.99. The van der Waals surface area contributed by atoms with Crippen LogP contribution in [0.4, 0.5) is 0 Å². The second-order valence-corrected chi connectivity index (χ2v) is 15.8. The van der Waals surface area contributed by atoms with Crippen LogP contribution in [-0.4, -0.2) is 98.9 Å². The molecule has 4 aliphatic rings. The van der Waals surface area contributed by atoms with E-state index in [2.05, 4.69) is 80.9 Å². The first kappa shape index (κ1) is 40.2. The first-order chi connectivity index (χ1) is 23.8. The standard InChI is InChI=1S/C14H23N3O2.C12H19N3O2.C11H18N2O.CH4/c1-14(2,3)12-5-15-17-6-10(9-19-13(12)17)16-7-11(8-16)18-4;1-8(2)11-5-14-15-6-10(4-13-9(3)16)7-17-12(11)15;1-4-9-6-13-11(14-7-9)10(5-12-13)8(2)3;/h5,10-11H,6-9H2,1-4H3;5,8,10H,4,6-7H2,1-3H3,(H,13,16);5,8-9H,4,6-7H2,1-3H3;1H4/t2*10-;9-;/m000./s1. The van der Waals surface area contributed by atoms with Gasteiger partial charge in [-0.1, -0.05) is 62.8 Å². The second kappa shape index (κ2) is 17.3. The van der Waals surface area contributed by atoms with Crippen LogP contribution in [0.25, 0.3) is 0 Å². The third-order valence-electron chi connectivity index (χ3n) is 9.99. The van der Waals surface area contributed by atoms with Crippen molar-refractivity contribution < 1.29 is 23.7 Å². The number of likely N-dealkylation sites (tertiary alicyclic amines) is 1. The van der Waals surface area contributed by atoms with Crippen LogP contribution in [0.15, 0.2) is 18.6 Å². The van der Waals surface area contributed by atoms with Crippen LogP contribution in [0.5, 0.6) is 17.6 Å². The minimum Gasteiger partial charge on any atom is -0.477 e. The molecule has 7 heterocycles. The Morgan fingerprint density at radius 3 is 1.84 bits per heavy atom. The summed E-state index contributed by atoms with van der Waals surface area (Å²) in [6, 6.07) is 0.423. The summed E-state index contributed by atoms with van der Waals surface area (Å²) in [4.78, 5) is 13.3. The predicted molar refractivity (Wildman–Crippen MR) is 199 cm³/mol. The lowest BCUT2D eigenvalue weighted by atomic mass is 9.89. The van der Waals surface area contributed by atoms with Gasteiger partial charge in [-0.25, -0.2) is 14.0 Å². The van der Waals surface area contributed by atoms with Crippen LogP contribution in [0.2, 0.25) is 0 Å². The molecule has 0 saturated carbocycles. The Labute approximate surface area is 305 Å². The summed E-state index contributed by atoms with van der Waals surface area (Å²) < 4.78 is 28.7. The zero-order valence-electron chi connectivity index (χ0n) is 31.9. The monoisotopic (exact) mass is 712 g/mol. The van der Waals surface area contributed by atoms with Crippen LogP contribution >= 0.6 is 0 Å². The topological polar surface area (TPSA) is 123 Å². The molecule has 1 fully saturated rings. The molecule has 1 N–H and O–H groups in total. The number of hydrogen-bond donors (Lipinski definition) is 1. The average Bonchev–Trinajstić information content (AvgIpc) is 3.80. The van der Waals surface area contributed by atoms with Gasteiger partial charge in [-0.3, -0.25) is 9.69 Å². The average molecular weight is 713 g/mol. The van der Waals surface area contributed by atoms with Gasteiger partial charge in [0.15, 0.2) is 0 Å². The summed E-state index contributed by atoms with van der Waals surface area (Å²) in [6.45, 7) is 26.6. The zero-order valence-corrected chi connectivity index (χ0v) is 31.9. The number of ether oxygens (including phenoxy) is 4. The molecule has 286 valence electrons. The van der Waals surface area contributed by atoms with Crippen molar-refractivity contribution in [1.82, 2.24) is 39.6 Å². The first-order valence-corrected chi connectivity index (χ1v) is 18.4. The molecule has 0 aromatic carbocycles. The van der Waals surface area contributed by atoms with Crippen LogP contribution in [-0.2, 0) is 34.6 Å². The summed E-state index contributed by atoms with van der Waals surface area (Å²) >= 11 is 0. The maximum atomic E-state index is 10.9. The molecule has 51 heavy (non-hydrogen) atoms. The minimum atomic E-state index is -0.000804. The van der Waals surface area contributed by atoms with E-state index in [1.54, 1.807) is 7.11 Å². The highest BCUT2D eigenvalue weighted by atomic mass is 16.5. The number of hydrogen-bond acceptors (Lipinski definition) is 9. The van der Waals surface area contributed by atoms with Gasteiger partial charge in [0, 0.05) is 62.2 Å². The number of amides is 1. The Bertz CT molecular complexity index is 1550. The van der Waals surface area contributed by atoms with Crippen LogP contribution in [0, 0.1) is 11.8 Å². The van der Waals surface area contributed by atoms with Gasteiger partial charge in [0.2, 0.25) is 23.5 Å². The smallest absolute Gasteiger partial charge is 0.216 e. The molecular weight excluding hydrogens is 648 g/mol. The summed E-state index contributed by atoms with van der Waals surface area (Å²) in [5.41, 5.74) is 3.67. The van der Waals surface area contributed by atoms with E-state index in [-0.39, 0.29) is 18.7 Å². The molecule has 3 aromatic rings. The van der Waals surface area contributed by atoms with Crippen LogP contribution in [0.1, 0.15) is 105 Å². The van der Waals surface area contributed by atoms with Gasteiger partial charge in [0.1, 0.15) is 6.61 Å². The fraction of sp³-hybridized carbons (Fsp3) is 0.737. The SMILES string of the molecule is C.CC(=O)NC[C@@H]1COc2c(C(C)C)cnn2C1.CC[C@@H]1COc2c(C(C)C)cnn2C1.COC1CN([C@@H]2COc3c(C(C)(C)C)cnn3C2)C1. The zero-order chi connectivity index (χ0) is 36.2. The number of carbonyl (C=O) groups is 1. The molecule has 0 unspecified atom stereocenters. The van der Waals surface area contributed by atoms with Crippen LogP contribution in [0.3, 0.4) is 0 Å². The number of aromatic nitrogens is 6. The van der Waals surface area contributed by atoms with E-state index in [0.717, 1.165) is 75.6 Å². The maximum Gasteiger partial charge on any atom is 0.216 e. The van der Waals surface area contributed by atoms with Crippen LogP contribution < -0.4 is 19.5 Å². The molecule has 0 bridgehead atoms. The Hall–Kier alpha value is -3.58. The summed E-state index contributed by atoms with van der Waals surface area (Å²) in [7, 11) is 1.78. The number of carbonyl (C=O) groups excluding carboxylic acids is 1. The lowest BCUT2D eigenvalue weighted by Crippen LogP contribution is -2.59. The van der Waals surface area contributed by atoms with Crippen molar-refractivity contribution in [2.45, 2.75) is 125 Å². The van der Waals surface area contributed by atoms with Crippen molar-refractivity contribution in [2.24, 2.45) is 11.8 Å². The summed E-state index contributed by atoms with van der Waals surface area (Å²) in [5, 5.41) is 16.0. The lowest BCUT2D eigenvalue weighted by molar-refractivity contribution is -0.119. The molecule has 1 saturated heterocycles. The van der Waals surface area contributed by atoms with Gasteiger partial charge in [-0.2, -0.15) is 15.3 Å². The Morgan fingerprint density at radius 1 is 0.824 bits per heavy atom. The summed E-state index contributed by atoms with van der Waals surface area (Å²) in [5.74, 6) is 4.67. The molecule has 4 aliphatic heterocycles. The third kappa shape index (κ3) is 9.65. The molecule has 0 aliphatic carbocycles. The van der Waals surface area contributed by atoms with E-state index in [4.69, 9.17) is 18.9 Å². The fourth-order valence-corrected chi connectivity index (χ4v) is 6.53. The molecule has 1 amide bonds. The largest absolute Gasteiger partial charge is 0.477 e. The van der Waals surface area contributed by atoms with Gasteiger partial charge in [-0.05, 0) is 23.7 Å². The van der Waals surface area contributed by atoms with Gasteiger partial charge >= 0.3 is 0 Å². The number of nitrogens with zero attached hydrogens (tertiary/aromatic N) is 7. The van der Waals surface area contributed by atoms with E-state index >= 15 is 0 Å². The first-order valence-electron chi connectivity index (χ1n) is 18.4. The van der Waals surface area contributed by atoms with Crippen molar-refractivity contribution in [3.05, 3.63) is 35.3 Å². The highest BCUT2D eigenvalue weighted by Crippen LogP contribution is 2.34. The molecular formula is C38H64N8O5. The Morgan fingerprint density at radius 2 is 1.33 bits per heavy atom. The van der Waals surface area contributed by atoms with Gasteiger partial charge in [-0.15, -0.1) is 0 Å². The van der Waals surface area contributed by atoms with E-state index in [1.165, 1.54) is 18.1 Å². The van der Waals surface area contributed by atoms with E-state index < -0.39 is 0 Å². The summed E-state index contributed by atoms with van der Waals surface area (Å²) in [6.07, 6.45) is 7.32. The number of fused-ring (bicyclic) bond motifs is 3. The molecule has 13 nitrogen and oxygen atoms in total. The van der Waals surface area contributed by atoms with Gasteiger partial charge in [0.05, 0.1) is 63.6 Å². The Kier molecular flexibility index (Phi) is 13.6. The van der Waals surface area contributed by atoms with E-state index in [0.29, 0.717) is 49.0 Å². The van der Waals surface area contributed by atoms with E-state index in [9.17, 15) is 4.79 Å².